The molecule has 7 nitrogen and oxygen atoms in total. The summed E-state index contributed by atoms with van der Waals surface area (Å²) in [6.07, 6.45) is 0.317. The van der Waals surface area contributed by atoms with E-state index in [4.69, 9.17) is 23.2 Å². The first kappa shape index (κ1) is 28.5. The minimum atomic E-state index is -4.15. The lowest BCUT2D eigenvalue weighted by Gasteiger charge is -2.33. The summed E-state index contributed by atoms with van der Waals surface area (Å²) in [5, 5.41) is 3.39. The van der Waals surface area contributed by atoms with E-state index in [1.54, 1.807) is 68.4 Å². The smallest absolute Gasteiger partial charge is 0.264 e. The molecule has 0 radical (unpaired) electrons. The number of likely N-dealkylation sites (N-methyl/N-ethyl adjacent to an activating group) is 1. The van der Waals surface area contributed by atoms with E-state index in [2.05, 4.69) is 5.32 Å². The van der Waals surface area contributed by atoms with Crippen LogP contribution in [0.5, 0.6) is 0 Å². The lowest BCUT2D eigenvalue weighted by atomic mass is 10.1. The Morgan fingerprint density at radius 1 is 0.946 bits per heavy atom. The molecule has 10 heteroatoms. The first-order chi connectivity index (χ1) is 17.6. The van der Waals surface area contributed by atoms with Crippen molar-refractivity contribution in [2.24, 2.45) is 0 Å². The Morgan fingerprint density at radius 3 is 2.19 bits per heavy atom. The van der Waals surface area contributed by atoms with Crippen molar-refractivity contribution in [1.82, 2.24) is 10.2 Å². The normalized spacial score (nSPS) is 12.0. The second kappa shape index (κ2) is 12.4. The first-order valence-corrected chi connectivity index (χ1v) is 13.9. The number of nitrogens with zero attached hydrogens (tertiary/aromatic N) is 2. The fourth-order valence-electron chi connectivity index (χ4n) is 3.88. The van der Waals surface area contributed by atoms with Gasteiger partial charge in [-0.15, -0.1) is 0 Å². The molecule has 0 bridgehead atoms. The number of anilines is 1. The molecule has 37 heavy (non-hydrogen) atoms. The lowest BCUT2D eigenvalue weighted by molar-refractivity contribution is -0.140. The largest absolute Gasteiger partial charge is 0.357 e. The van der Waals surface area contributed by atoms with Gasteiger partial charge in [0.1, 0.15) is 12.6 Å². The predicted molar refractivity (Wildman–Crippen MR) is 147 cm³/mol. The number of hydrogen-bond acceptors (Lipinski definition) is 4. The van der Waals surface area contributed by atoms with E-state index in [0.717, 1.165) is 9.87 Å². The van der Waals surface area contributed by atoms with Crippen LogP contribution in [0.25, 0.3) is 0 Å². The molecule has 0 spiro atoms. The van der Waals surface area contributed by atoms with Crippen molar-refractivity contribution in [3.8, 4) is 0 Å². The Morgan fingerprint density at radius 2 is 1.59 bits per heavy atom. The minimum Gasteiger partial charge on any atom is -0.357 e. The molecule has 0 fully saturated rings. The van der Waals surface area contributed by atoms with Gasteiger partial charge in [-0.05, 0) is 54.8 Å². The van der Waals surface area contributed by atoms with Crippen LogP contribution in [0.1, 0.15) is 24.5 Å². The topological polar surface area (TPSA) is 86.8 Å². The molecule has 196 valence electrons. The number of halogens is 2. The lowest BCUT2D eigenvalue weighted by Crippen LogP contribution is -2.51. The number of carbonyl (C=O) groups is 2. The van der Waals surface area contributed by atoms with Gasteiger partial charge in [0.25, 0.3) is 10.0 Å². The zero-order valence-electron chi connectivity index (χ0n) is 20.8. The van der Waals surface area contributed by atoms with E-state index >= 15 is 0 Å². The molecule has 0 heterocycles. The molecule has 0 aliphatic heterocycles. The third-order valence-corrected chi connectivity index (χ3v) is 8.55. The van der Waals surface area contributed by atoms with E-state index < -0.39 is 28.5 Å². The molecule has 1 N–H and O–H groups in total. The number of rotatable bonds is 10. The van der Waals surface area contributed by atoms with Crippen LogP contribution in [0.2, 0.25) is 10.0 Å². The highest BCUT2D eigenvalue weighted by molar-refractivity contribution is 7.92. The Bertz CT molecular complexity index is 1370. The van der Waals surface area contributed by atoms with Gasteiger partial charge in [-0.2, -0.15) is 0 Å². The van der Waals surface area contributed by atoms with Crippen LogP contribution in [0.4, 0.5) is 5.69 Å². The van der Waals surface area contributed by atoms with Crippen LogP contribution in [0.15, 0.2) is 77.7 Å². The molecule has 0 aromatic heterocycles. The van der Waals surface area contributed by atoms with Gasteiger partial charge in [-0.25, -0.2) is 8.42 Å². The zero-order chi connectivity index (χ0) is 27.2. The van der Waals surface area contributed by atoms with Gasteiger partial charge in [0.05, 0.1) is 10.6 Å². The highest BCUT2D eigenvalue weighted by atomic mass is 35.5. The maximum atomic E-state index is 13.9. The van der Waals surface area contributed by atoms with Gasteiger partial charge >= 0.3 is 0 Å². The second-order valence-corrected chi connectivity index (χ2v) is 11.1. The van der Waals surface area contributed by atoms with Gasteiger partial charge in [0.2, 0.25) is 11.8 Å². The van der Waals surface area contributed by atoms with Gasteiger partial charge in [0.15, 0.2) is 0 Å². The van der Waals surface area contributed by atoms with E-state index in [9.17, 15) is 18.0 Å². The summed E-state index contributed by atoms with van der Waals surface area (Å²) >= 11 is 12.7. The van der Waals surface area contributed by atoms with Crippen molar-refractivity contribution in [2.75, 3.05) is 17.9 Å². The fraction of sp³-hybridized carbons (Fsp3) is 0.259. The number of nitrogens with one attached hydrogen (secondary N) is 1. The van der Waals surface area contributed by atoms with Crippen LogP contribution in [0.3, 0.4) is 0 Å². The number of amides is 2. The minimum absolute atomic E-state index is 0.0236. The molecule has 0 saturated carbocycles. The summed E-state index contributed by atoms with van der Waals surface area (Å²) in [6.45, 7) is 3.06. The highest BCUT2D eigenvalue weighted by Gasteiger charge is 2.33. The van der Waals surface area contributed by atoms with Crippen LogP contribution in [-0.2, 0) is 26.2 Å². The van der Waals surface area contributed by atoms with Gasteiger partial charge in [-0.3, -0.25) is 13.9 Å². The molecule has 1 unspecified atom stereocenters. The molecule has 3 aromatic carbocycles. The fourth-order valence-corrected chi connectivity index (χ4v) is 5.68. The molecule has 2 amide bonds. The van der Waals surface area contributed by atoms with Crippen molar-refractivity contribution < 1.29 is 18.0 Å². The van der Waals surface area contributed by atoms with Crippen LogP contribution < -0.4 is 9.62 Å². The van der Waals surface area contributed by atoms with Crippen molar-refractivity contribution >= 4 is 50.7 Å². The number of benzene rings is 3. The van der Waals surface area contributed by atoms with Gasteiger partial charge in [0, 0.05) is 23.6 Å². The summed E-state index contributed by atoms with van der Waals surface area (Å²) < 4.78 is 28.5. The summed E-state index contributed by atoms with van der Waals surface area (Å²) in [5.74, 6) is -0.926. The third-order valence-electron chi connectivity index (χ3n) is 5.98. The monoisotopic (exact) mass is 561 g/mol. The third kappa shape index (κ3) is 6.63. The van der Waals surface area contributed by atoms with E-state index in [0.29, 0.717) is 22.0 Å². The Hall–Kier alpha value is -3.07. The van der Waals surface area contributed by atoms with Crippen molar-refractivity contribution in [1.29, 1.82) is 0 Å². The van der Waals surface area contributed by atoms with Crippen LogP contribution >= 0.6 is 23.2 Å². The molecule has 3 aromatic rings. The van der Waals surface area contributed by atoms with E-state index in [1.807, 2.05) is 0 Å². The molecule has 1 atom stereocenters. The summed E-state index contributed by atoms with van der Waals surface area (Å²) in [7, 11) is -2.66. The average Bonchev–Trinajstić information content (AvgIpc) is 2.90. The maximum absolute atomic E-state index is 13.9. The van der Waals surface area contributed by atoms with Crippen molar-refractivity contribution in [2.45, 2.75) is 37.8 Å². The summed E-state index contributed by atoms with van der Waals surface area (Å²) in [4.78, 5) is 28.0. The van der Waals surface area contributed by atoms with Gasteiger partial charge < -0.3 is 10.2 Å². The summed E-state index contributed by atoms with van der Waals surface area (Å²) in [5.41, 5.74) is 1.63. The molecule has 0 saturated heterocycles. The molecule has 0 aliphatic rings. The summed E-state index contributed by atoms with van der Waals surface area (Å²) in [6, 6.07) is 18.8. The number of hydrogen-bond donors (Lipinski definition) is 1. The highest BCUT2D eigenvalue weighted by Crippen LogP contribution is 2.29. The maximum Gasteiger partial charge on any atom is 0.264 e. The number of sulfonamides is 1. The predicted octanol–water partition coefficient (Wildman–Crippen LogP) is 5.05. The first-order valence-electron chi connectivity index (χ1n) is 11.7. The van der Waals surface area contributed by atoms with Gasteiger partial charge in [-0.1, -0.05) is 72.6 Å². The Labute approximate surface area is 228 Å². The Kier molecular flexibility index (Phi) is 9.59. The second-order valence-electron chi connectivity index (χ2n) is 8.41. The van der Waals surface area contributed by atoms with Crippen LogP contribution in [0, 0.1) is 6.92 Å². The van der Waals surface area contributed by atoms with E-state index in [-0.39, 0.29) is 23.0 Å². The average molecular weight is 563 g/mol. The number of aryl methyl sites for hydroxylation is 1. The van der Waals surface area contributed by atoms with Crippen molar-refractivity contribution in [3.05, 3.63) is 94.0 Å². The standard InChI is InChI=1S/C27H29Cl2N3O4S/c1-4-25(27(34)30-3)31(17-20-10-8-9-13-23(20)28)26(33)18-32(21-15-14-19(2)24(29)16-21)37(35,36)22-11-6-5-7-12-22/h5-16,25H,4,17-18H2,1-3H3,(H,30,34). The Balaban J connectivity index is 2.09. The molecular weight excluding hydrogens is 533 g/mol. The van der Waals surface area contributed by atoms with E-state index in [1.165, 1.54) is 30.1 Å². The van der Waals surface area contributed by atoms with Crippen molar-refractivity contribution in [3.63, 3.8) is 0 Å². The SMILES string of the molecule is CCC(C(=O)NC)N(Cc1ccccc1Cl)C(=O)CN(c1ccc(C)c(Cl)c1)S(=O)(=O)c1ccccc1. The quantitative estimate of drug-likeness (QED) is 0.375. The molecule has 0 aliphatic carbocycles. The van der Waals surface area contributed by atoms with Crippen LogP contribution in [-0.4, -0.2) is 44.8 Å². The molecule has 3 rings (SSSR count). The zero-order valence-corrected chi connectivity index (χ0v) is 23.1. The number of carbonyl (C=O) groups excluding carboxylic acids is 2. The molecular formula is C27H29Cl2N3O4S.